The van der Waals surface area contributed by atoms with E-state index in [2.05, 4.69) is 26.2 Å². The molecular weight excluding hydrogens is 364 g/mol. The Morgan fingerprint density at radius 1 is 0.897 bits per heavy atom. The standard InChI is InChI=1S/C23H24N4O2/c1-29-21-10-6-5-9-20(21)26-13-15-27(16-14-26)22-12-11-18(17-24-22)23(28)25-19-7-3-2-4-8-19/h2-12,17H,13-16H2,1H3,(H,25,28). The first-order valence-electron chi connectivity index (χ1n) is 9.70. The maximum absolute atomic E-state index is 12.4. The van der Waals surface area contributed by atoms with Crippen LogP contribution in [0.1, 0.15) is 10.4 Å². The lowest BCUT2D eigenvalue weighted by molar-refractivity contribution is 0.102. The highest BCUT2D eigenvalue weighted by Gasteiger charge is 2.20. The molecule has 148 valence electrons. The molecule has 1 N–H and O–H groups in total. The number of benzene rings is 2. The van der Waals surface area contributed by atoms with Crippen LogP contribution >= 0.6 is 0 Å². The maximum Gasteiger partial charge on any atom is 0.257 e. The zero-order chi connectivity index (χ0) is 20.1. The Kier molecular flexibility index (Phi) is 5.61. The molecule has 1 aliphatic rings. The predicted molar refractivity (Wildman–Crippen MR) is 116 cm³/mol. The van der Waals surface area contributed by atoms with E-state index in [0.717, 1.165) is 49.1 Å². The van der Waals surface area contributed by atoms with Gasteiger partial charge in [-0.3, -0.25) is 4.79 Å². The first-order chi connectivity index (χ1) is 14.2. The molecular formula is C23H24N4O2. The quantitative estimate of drug-likeness (QED) is 0.723. The smallest absolute Gasteiger partial charge is 0.257 e. The van der Waals surface area contributed by atoms with Crippen molar-refractivity contribution in [2.45, 2.75) is 0 Å². The summed E-state index contributed by atoms with van der Waals surface area (Å²) >= 11 is 0. The van der Waals surface area contributed by atoms with E-state index < -0.39 is 0 Å². The first kappa shape index (κ1) is 18.8. The number of nitrogens with zero attached hydrogens (tertiary/aromatic N) is 3. The molecule has 0 bridgehead atoms. The number of amides is 1. The number of methoxy groups -OCH3 is 1. The number of hydrogen-bond acceptors (Lipinski definition) is 5. The number of aromatic nitrogens is 1. The molecule has 1 fully saturated rings. The van der Waals surface area contributed by atoms with Crippen LogP contribution in [0.4, 0.5) is 17.2 Å². The van der Waals surface area contributed by atoms with E-state index in [1.165, 1.54) is 0 Å². The third kappa shape index (κ3) is 4.32. The monoisotopic (exact) mass is 388 g/mol. The zero-order valence-corrected chi connectivity index (χ0v) is 16.4. The van der Waals surface area contributed by atoms with Crippen molar-refractivity contribution in [3.63, 3.8) is 0 Å². The molecule has 0 unspecified atom stereocenters. The number of rotatable bonds is 5. The molecule has 6 heteroatoms. The van der Waals surface area contributed by atoms with E-state index in [-0.39, 0.29) is 5.91 Å². The molecule has 0 radical (unpaired) electrons. The summed E-state index contributed by atoms with van der Waals surface area (Å²) in [5, 5.41) is 2.88. The van der Waals surface area contributed by atoms with Crippen LogP contribution in [0.3, 0.4) is 0 Å². The molecule has 6 nitrogen and oxygen atoms in total. The maximum atomic E-state index is 12.4. The topological polar surface area (TPSA) is 57.7 Å². The third-order valence-electron chi connectivity index (χ3n) is 5.07. The van der Waals surface area contributed by atoms with Gasteiger partial charge in [-0.25, -0.2) is 4.98 Å². The number of carbonyl (C=O) groups is 1. The summed E-state index contributed by atoms with van der Waals surface area (Å²) in [7, 11) is 1.70. The summed E-state index contributed by atoms with van der Waals surface area (Å²) in [6.45, 7) is 3.50. The minimum absolute atomic E-state index is 0.156. The summed E-state index contributed by atoms with van der Waals surface area (Å²) in [4.78, 5) is 21.5. The summed E-state index contributed by atoms with van der Waals surface area (Å²) < 4.78 is 5.48. The van der Waals surface area contributed by atoms with Crippen molar-refractivity contribution in [1.82, 2.24) is 4.98 Å². The van der Waals surface area contributed by atoms with Crippen LogP contribution in [0.2, 0.25) is 0 Å². The van der Waals surface area contributed by atoms with E-state index in [0.29, 0.717) is 5.56 Å². The molecule has 0 aliphatic carbocycles. The van der Waals surface area contributed by atoms with Crippen molar-refractivity contribution in [3.8, 4) is 5.75 Å². The number of nitrogens with one attached hydrogen (secondary N) is 1. The number of ether oxygens (including phenoxy) is 1. The van der Waals surface area contributed by atoms with Gasteiger partial charge in [0.25, 0.3) is 5.91 Å². The molecule has 1 aliphatic heterocycles. The normalized spacial score (nSPS) is 13.8. The number of para-hydroxylation sites is 3. The lowest BCUT2D eigenvalue weighted by Crippen LogP contribution is -2.47. The fourth-order valence-electron chi connectivity index (χ4n) is 3.50. The average molecular weight is 388 g/mol. The first-order valence-corrected chi connectivity index (χ1v) is 9.70. The average Bonchev–Trinajstić information content (AvgIpc) is 2.80. The van der Waals surface area contributed by atoms with Gasteiger partial charge >= 0.3 is 0 Å². The Bertz CT molecular complexity index is 952. The van der Waals surface area contributed by atoms with Crippen molar-refractivity contribution < 1.29 is 9.53 Å². The SMILES string of the molecule is COc1ccccc1N1CCN(c2ccc(C(=O)Nc3ccccc3)cn2)CC1. The van der Waals surface area contributed by atoms with Crippen LogP contribution in [0.5, 0.6) is 5.75 Å². The molecule has 1 aromatic heterocycles. The molecule has 0 atom stereocenters. The van der Waals surface area contributed by atoms with E-state index in [1.807, 2.05) is 60.7 Å². The third-order valence-corrected chi connectivity index (χ3v) is 5.07. The highest BCUT2D eigenvalue weighted by molar-refractivity contribution is 6.04. The largest absolute Gasteiger partial charge is 0.495 e. The van der Waals surface area contributed by atoms with Crippen LogP contribution in [0.15, 0.2) is 72.9 Å². The lowest BCUT2D eigenvalue weighted by Gasteiger charge is -2.37. The van der Waals surface area contributed by atoms with Crippen LogP contribution < -0.4 is 19.9 Å². The fourth-order valence-corrected chi connectivity index (χ4v) is 3.50. The summed E-state index contributed by atoms with van der Waals surface area (Å²) in [6, 6.07) is 21.3. The molecule has 1 saturated heterocycles. The molecule has 2 heterocycles. The van der Waals surface area contributed by atoms with Gasteiger partial charge in [0.2, 0.25) is 0 Å². The number of anilines is 3. The van der Waals surface area contributed by atoms with Crippen molar-refractivity contribution in [2.75, 3.05) is 48.4 Å². The van der Waals surface area contributed by atoms with Gasteiger partial charge in [-0.2, -0.15) is 0 Å². The van der Waals surface area contributed by atoms with Gasteiger partial charge < -0.3 is 19.9 Å². The van der Waals surface area contributed by atoms with Gasteiger partial charge in [0.1, 0.15) is 11.6 Å². The Morgan fingerprint density at radius 2 is 1.59 bits per heavy atom. The molecule has 1 amide bonds. The van der Waals surface area contributed by atoms with Crippen molar-refractivity contribution in [3.05, 3.63) is 78.5 Å². The van der Waals surface area contributed by atoms with Gasteiger partial charge in [-0.15, -0.1) is 0 Å². The van der Waals surface area contributed by atoms with E-state index in [1.54, 1.807) is 13.3 Å². The van der Waals surface area contributed by atoms with Crippen LogP contribution in [-0.4, -0.2) is 44.2 Å². The second-order valence-electron chi connectivity index (χ2n) is 6.87. The molecule has 4 rings (SSSR count). The van der Waals surface area contributed by atoms with E-state index in [9.17, 15) is 4.79 Å². The van der Waals surface area contributed by atoms with Gasteiger partial charge in [0, 0.05) is 38.1 Å². The Labute approximate surface area is 170 Å². The molecule has 2 aromatic carbocycles. The highest BCUT2D eigenvalue weighted by atomic mass is 16.5. The van der Waals surface area contributed by atoms with Gasteiger partial charge in [0.05, 0.1) is 18.4 Å². The Morgan fingerprint density at radius 3 is 2.28 bits per heavy atom. The minimum Gasteiger partial charge on any atom is -0.495 e. The number of piperazine rings is 1. The lowest BCUT2D eigenvalue weighted by atomic mass is 10.2. The van der Waals surface area contributed by atoms with Crippen molar-refractivity contribution in [1.29, 1.82) is 0 Å². The fraction of sp³-hybridized carbons (Fsp3) is 0.217. The van der Waals surface area contributed by atoms with Crippen LogP contribution in [-0.2, 0) is 0 Å². The summed E-state index contributed by atoms with van der Waals surface area (Å²) in [5.41, 5.74) is 2.44. The van der Waals surface area contributed by atoms with Crippen LogP contribution in [0.25, 0.3) is 0 Å². The van der Waals surface area contributed by atoms with Crippen LogP contribution in [0, 0.1) is 0 Å². The molecule has 3 aromatic rings. The molecule has 29 heavy (non-hydrogen) atoms. The second-order valence-corrected chi connectivity index (χ2v) is 6.87. The van der Waals surface area contributed by atoms with Crippen molar-refractivity contribution >= 4 is 23.1 Å². The minimum atomic E-state index is -0.156. The summed E-state index contributed by atoms with van der Waals surface area (Å²) in [5.74, 6) is 1.63. The predicted octanol–water partition coefficient (Wildman–Crippen LogP) is 3.67. The Hall–Kier alpha value is -3.54. The summed E-state index contributed by atoms with van der Waals surface area (Å²) in [6.07, 6.45) is 1.64. The zero-order valence-electron chi connectivity index (χ0n) is 16.4. The number of hydrogen-bond donors (Lipinski definition) is 1. The molecule has 0 saturated carbocycles. The van der Waals surface area contributed by atoms with Gasteiger partial charge in [-0.05, 0) is 36.4 Å². The second kappa shape index (κ2) is 8.65. The highest BCUT2D eigenvalue weighted by Crippen LogP contribution is 2.29. The van der Waals surface area contributed by atoms with Crippen molar-refractivity contribution in [2.24, 2.45) is 0 Å². The Balaban J connectivity index is 1.37. The van der Waals surface area contributed by atoms with Gasteiger partial charge in [-0.1, -0.05) is 30.3 Å². The van der Waals surface area contributed by atoms with Gasteiger partial charge in [0.15, 0.2) is 0 Å². The van der Waals surface area contributed by atoms with E-state index >= 15 is 0 Å². The van der Waals surface area contributed by atoms with E-state index in [4.69, 9.17) is 4.74 Å². The number of carbonyl (C=O) groups excluding carboxylic acids is 1. The molecule has 0 spiro atoms. The number of pyridine rings is 1.